The Morgan fingerprint density at radius 3 is 2.20 bits per heavy atom. The number of hydrogen-bond acceptors (Lipinski definition) is 6. The van der Waals surface area contributed by atoms with E-state index in [4.69, 9.17) is 16.3 Å². The summed E-state index contributed by atoms with van der Waals surface area (Å²) in [5.41, 5.74) is 3.18. The van der Waals surface area contributed by atoms with Crippen molar-refractivity contribution >= 4 is 46.2 Å². The minimum atomic E-state index is -0.331. The number of carbonyl (C=O) groups excluding carboxylic acids is 1. The largest absolute Gasteiger partial charge is 0.378 e. The van der Waals surface area contributed by atoms with Crippen LogP contribution in [0.2, 0.25) is 5.02 Å². The number of halogens is 1. The number of nitrogens with zero attached hydrogens (tertiary/aromatic N) is 3. The molecule has 1 aromatic heterocycles. The van der Waals surface area contributed by atoms with Gasteiger partial charge >= 0.3 is 6.03 Å². The van der Waals surface area contributed by atoms with Crippen molar-refractivity contribution in [2.45, 2.75) is 0 Å². The highest BCUT2D eigenvalue weighted by molar-refractivity contribution is 6.30. The number of carbonyl (C=O) groups is 1. The molecule has 3 N–H and O–H groups in total. The second-order valence-electron chi connectivity index (χ2n) is 6.69. The van der Waals surface area contributed by atoms with Crippen LogP contribution in [0.15, 0.2) is 60.8 Å². The minimum absolute atomic E-state index is 0.331. The summed E-state index contributed by atoms with van der Waals surface area (Å²) in [6, 6.07) is 15.9. The smallest absolute Gasteiger partial charge is 0.323 e. The molecule has 2 heterocycles. The van der Waals surface area contributed by atoms with Crippen LogP contribution in [0.4, 0.5) is 33.4 Å². The average molecular weight is 425 g/mol. The molecule has 0 bridgehead atoms. The maximum Gasteiger partial charge on any atom is 0.323 e. The summed E-state index contributed by atoms with van der Waals surface area (Å²) in [6.07, 6.45) is 1.75. The molecule has 4 rings (SSSR count). The van der Waals surface area contributed by atoms with E-state index >= 15 is 0 Å². The van der Waals surface area contributed by atoms with E-state index in [0.717, 1.165) is 24.5 Å². The third kappa shape index (κ3) is 5.37. The molecule has 1 aliphatic heterocycles. The summed E-state index contributed by atoms with van der Waals surface area (Å²) in [7, 11) is 0. The molecular formula is C21H21ClN6O2. The molecule has 0 spiro atoms. The van der Waals surface area contributed by atoms with Crippen molar-refractivity contribution in [3.8, 4) is 0 Å². The number of benzene rings is 2. The summed E-state index contributed by atoms with van der Waals surface area (Å²) in [5.74, 6) is 0.653. The minimum Gasteiger partial charge on any atom is -0.378 e. The van der Waals surface area contributed by atoms with Gasteiger partial charge in [-0.25, -0.2) is 4.79 Å². The molecule has 154 valence electrons. The summed E-state index contributed by atoms with van der Waals surface area (Å²) in [5, 5.41) is 17.6. The van der Waals surface area contributed by atoms with Crippen LogP contribution in [0.1, 0.15) is 0 Å². The number of rotatable bonds is 5. The molecule has 0 radical (unpaired) electrons. The highest BCUT2D eigenvalue weighted by Crippen LogP contribution is 2.22. The predicted octanol–water partition coefficient (Wildman–Crippen LogP) is 4.35. The number of amides is 2. The van der Waals surface area contributed by atoms with Crippen LogP contribution in [-0.4, -0.2) is 42.5 Å². The van der Waals surface area contributed by atoms with Crippen LogP contribution < -0.4 is 20.9 Å². The van der Waals surface area contributed by atoms with Crippen molar-refractivity contribution in [1.82, 2.24) is 10.2 Å². The van der Waals surface area contributed by atoms with E-state index in [1.807, 2.05) is 30.3 Å². The number of morpholine rings is 1. The van der Waals surface area contributed by atoms with Crippen molar-refractivity contribution < 1.29 is 9.53 Å². The predicted molar refractivity (Wildman–Crippen MR) is 119 cm³/mol. The van der Waals surface area contributed by atoms with E-state index < -0.39 is 0 Å². The number of aromatic nitrogens is 2. The lowest BCUT2D eigenvalue weighted by atomic mass is 10.2. The van der Waals surface area contributed by atoms with Crippen LogP contribution >= 0.6 is 11.6 Å². The fourth-order valence-corrected chi connectivity index (χ4v) is 3.15. The van der Waals surface area contributed by atoms with Crippen molar-refractivity contribution in [2.24, 2.45) is 0 Å². The first-order chi connectivity index (χ1) is 14.7. The lowest BCUT2D eigenvalue weighted by molar-refractivity contribution is 0.122. The Labute approximate surface area is 179 Å². The van der Waals surface area contributed by atoms with Gasteiger partial charge in [0.05, 0.1) is 25.1 Å². The van der Waals surface area contributed by atoms with Gasteiger partial charge in [0.2, 0.25) is 0 Å². The van der Waals surface area contributed by atoms with E-state index in [2.05, 4.69) is 31.0 Å². The monoisotopic (exact) mass is 424 g/mol. The highest BCUT2D eigenvalue weighted by Gasteiger charge is 2.12. The Morgan fingerprint density at radius 2 is 1.53 bits per heavy atom. The van der Waals surface area contributed by atoms with Gasteiger partial charge in [0.1, 0.15) is 0 Å². The van der Waals surface area contributed by atoms with Crippen LogP contribution in [0, 0.1) is 0 Å². The van der Waals surface area contributed by atoms with Crippen LogP contribution in [0.5, 0.6) is 0 Å². The Morgan fingerprint density at radius 1 is 0.933 bits per heavy atom. The fourth-order valence-electron chi connectivity index (χ4n) is 3.02. The number of urea groups is 1. The van der Waals surface area contributed by atoms with Gasteiger partial charge in [0.15, 0.2) is 5.82 Å². The zero-order chi connectivity index (χ0) is 20.8. The first-order valence-electron chi connectivity index (χ1n) is 9.52. The average Bonchev–Trinajstić information content (AvgIpc) is 2.77. The summed E-state index contributed by atoms with van der Waals surface area (Å²) in [4.78, 5) is 14.3. The third-order valence-corrected chi connectivity index (χ3v) is 4.79. The van der Waals surface area contributed by atoms with Gasteiger partial charge in [-0.2, -0.15) is 5.10 Å². The number of ether oxygens (including phenoxy) is 1. The van der Waals surface area contributed by atoms with Gasteiger partial charge in [-0.3, -0.25) is 0 Å². The summed E-state index contributed by atoms with van der Waals surface area (Å²) < 4.78 is 5.39. The lowest BCUT2D eigenvalue weighted by Crippen LogP contribution is -2.36. The molecule has 3 aromatic rings. The van der Waals surface area contributed by atoms with E-state index in [0.29, 0.717) is 35.4 Å². The molecule has 0 saturated carbocycles. The molecule has 30 heavy (non-hydrogen) atoms. The molecule has 8 nitrogen and oxygen atoms in total. The number of hydrogen-bond donors (Lipinski definition) is 3. The second kappa shape index (κ2) is 9.43. The maximum absolute atomic E-state index is 12.1. The summed E-state index contributed by atoms with van der Waals surface area (Å²) >= 11 is 5.85. The van der Waals surface area contributed by atoms with Gasteiger partial charge in [-0.15, -0.1) is 5.10 Å². The molecule has 1 saturated heterocycles. The van der Waals surface area contributed by atoms with Gasteiger partial charge in [0.25, 0.3) is 0 Å². The molecule has 1 aliphatic rings. The van der Waals surface area contributed by atoms with E-state index in [-0.39, 0.29) is 6.03 Å². The Kier molecular flexibility index (Phi) is 6.26. The molecule has 9 heteroatoms. The van der Waals surface area contributed by atoms with Crippen molar-refractivity contribution in [1.29, 1.82) is 0 Å². The number of anilines is 5. The Balaban J connectivity index is 1.34. The highest BCUT2D eigenvalue weighted by atomic mass is 35.5. The normalized spacial score (nSPS) is 13.6. The van der Waals surface area contributed by atoms with Gasteiger partial charge < -0.3 is 25.6 Å². The third-order valence-electron chi connectivity index (χ3n) is 4.53. The molecule has 2 aromatic carbocycles. The summed E-state index contributed by atoms with van der Waals surface area (Å²) in [6.45, 7) is 3.10. The van der Waals surface area contributed by atoms with Crippen LogP contribution in [-0.2, 0) is 4.74 Å². The Bertz CT molecular complexity index is 991. The van der Waals surface area contributed by atoms with Crippen molar-refractivity contribution in [3.63, 3.8) is 0 Å². The molecule has 0 aliphatic carbocycles. The zero-order valence-electron chi connectivity index (χ0n) is 16.1. The number of nitrogens with one attached hydrogen (secondary N) is 3. The molecule has 2 amide bonds. The molecular weight excluding hydrogens is 404 g/mol. The second-order valence-corrected chi connectivity index (χ2v) is 7.12. The first-order valence-corrected chi connectivity index (χ1v) is 9.90. The quantitative estimate of drug-likeness (QED) is 0.564. The van der Waals surface area contributed by atoms with Gasteiger partial charge in [-0.1, -0.05) is 11.6 Å². The lowest BCUT2D eigenvalue weighted by Gasteiger charge is -2.28. The van der Waals surface area contributed by atoms with Gasteiger partial charge in [-0.05, 0) is 48.5 Å². The first kappa shape index (κ1) is 19.9. The van der Waals surface area contributed by atoms with E-state index in [1.54, 1.807) is 30.5 Å². The molecule has 1 fully saturated rings. The van der Waals surface area contributed by atoms with E-state index in [9.17, 15) is 4.79 Å². The Hall–Kier alpha value is -3.36. The van der Waals surface area contributed by atoms with Crippen molar-refractivity contribution in [3.05, 3.63) is 65.8 Å². The SMILES string of the molecule is O=C(Nc1ccc(Cl)cc1)Nc1ccc(Nc2cc(N3CCOCC3)cnn2)cc1. The van der Waals surface area contributed by atoms with Crippen molar-refractivity contribution in [2.75, 3.05) is 47.2 Å². The molecule has 0 atom stereocenters. The topological polar surface area (TPSA) is 91.4 Å². The maximum atomic E-state index is 12.1. The fraction of sp³-hybridized carbons (Fsp3) is 0.190. The zero-order valence-corrected chi connectivity index (χ0v) is 16.9. The van der Waals surface area contributed by atoms with Crippen LogP contribution in [0.25, 0.3) is 0 Å². The van der Waals surface area contributed by atoms with Gasteiger partial charge in [0, 0.05) is 41.2 Å². The molecule has 0 unspecified atom stereocenters. The standard InChI is InChI=1S/C21H21ClN6O2/c22-15-1-3-17(4-2-15)25-21(29)26-18-7-5-16(6-8-18)24-20-13-19(14-23-27-20)28-9-11-30-12-10-28/h1-8,13-14H,9-12H2,(H,24,27)(H2,25,26,29). The van der Waals surface area contributed by atoms with E-state index in [1.165, 1.54) is 0 Å². The van der Waals surface area contributed by atoms with Crippen LogP contribution in [0.3, 0.4) is 0 Å².